The van der Waals surface area contributed by atoms with E-state index in [2.05, 4.69) is 15.6 Å². The van der Waals surface area contributed by atoms with Crippen molar-refractivity contribution in [2.45, 2.75) is 32.2 Å². The highest BCUT2D eigenvalue weighted by Crippen LogP contribution is 2.38. The molecular weight excluding hydrogens is 362 g/mol. The van der Waals surface area contributed by atoms with Crippen LogP contribution in [-0.2, 0) is 17.8 Å². The molecule has 0 saturated carbocycles. The molecule has 0 radical (unpaired) electrons. The van der Waals surface area contributed by atoms with E-state index < -0.39 is 0 Å². The molecule has 6 nitrogen and oxygen atoms in total. The number of anilines is 1. The van der Waals surface area contributed by atoms with Gasteiger partial charge in [-0.1, -0.05) is 17.7 Å². The lowest BCUT2D eigenvalue weighted by Gasteiger charge is -2.09. The van der Waals surface area contributed by atoms with E-state index in [1.807, 2.05) is 25.1 Å². The normalized spacial score (nSPS) is 15.4. The fourth-order valence-electron chi connectivity index (χ4n) is 3.12. The maximum absolute atomic E-state index is 12.5. The third-order valence-electron chi connectivity index (χ3n) is 4.59. The van der Waals surface area contributed by atoms with Gasteiger partial charge in [0.15, 0.2) is 5.13 Å². The topological polar surface area (TPSA) is 84.2 Å². The summed E-state index contributed by atoms with van der Waals surface area (Å²) in [5.41, 5.74) is 2.46. The molecule has 2 amide bonds. The van der Waals surface area contributed by atoms with Crippen molar-refractivity contribution in [1.29, 1.82) is 0 Å². The van der Waals surface area contributed by atoms with E-state index in [9.17, 15) is 9.59 Å². The number of carbonyl (C=O) groups is 2. The van der Waals surface area contributed by atoms with E-state index in [1.165, 1.54) is 11.3 Å². The Bertz CT molecular complexity index is 961. The van der Waals surface area contributed by atoms with Crippen LogP contribution in [0.2, 0.25) is 0 Å². The van der Waals surface area contributed by atoms with Crippen LogP contribution in [0.4, 0.5) is 5.13 Å². The Balaban J connectivity index is 1.42. The first-order valence-corrected chi connectivity index (χ1v) is 9.59. The summed E-state index contributed by atoms with van der Waals surface area (Å²) in [6.07, 6.45) is 3.12. The molecule has 2 aromatic heterocycles. The Hall–Kier alpha value is -2.93. The molecule has 138 valence electrons. The zero-order chi connectivity index (χ0) is 18.8. The zero-order valence-corrected chi connectivity index (χ0v) is 15.6. The lowest BCUT2D eigenvalue weighted by atomic mass is 10.1. The lowest BCUT2D eigenvalue weighted by molar-refractivity contribution is -0.122. The van der Waals surface area contributed by atoms with Gasteiger partial charge in [0.2, 0.25) is 5.91 Å². The number of furan rings is 1. The molecule has 0 spiro atoms. The van der Waals surface area contributed by atoms with Crippen molar-refractivity contribution in [3.63, 3.8) is 0 Å². The third-order valence-corrected chi connectivity index (χ3v) is 5.63. The predicted molar refractivity (Wildman–Crippen MR) is 103 cm³/mol. The second kappa shape index (κ2) is 7.36. The minimum absolute atomic E-state index is 0.0631. The number of nitrogens with zero attached hydrogens (tertiary/aromatic N) is 1. The maximum atomic E-state index is 12.5. The van der Waals surface area contributed by atoms with Crippen LogP contribution < -0.4 is 10.6 Å². The number of fused-ring (bicyclic) bond motifs is 1. The average molecular weight is 381 g/mol. The van der Waals surface area contributed by atoms with Crippen LogP contribution in [0.25, 0.3) is 0 Å². The van der Waals surface area contributed by atoms with Gasteiger partial charge in [-0.05, 0) is 44.0 Å². The van der Waals surface area contributed by atoms with Gasteiger partial charge in [0.05, 0.1) is 24.4 Å². The van der Waals surface area contributed by atoms with Gasteiger partial charge < -0.3 is 9.73 Å². The molecule has 0 fully saturated rings. The van der Waals surface area contributed by atoms with Gasteiger partial charge in [-0.2, -0.15) is 0 Å². The quantitative estimate of drug-likeness (QED) is 0.707. The van der Waals surface area contributed by atoms with E-state index in [4.69, 9.17) is 4.42 Å². The van der Waals surface area contributed by atoms with E-state index in [0.717, 1.165) is 29.0 Å². The number of amides is 2. The molecule has 27 heavy (non-hydrogen) atoms. The van der Waals surface area contributed by atoms with Crippen LogP contribution in [0.5, 0.6) is 0 Å². The minimum atomic E-state index is -0.281. The van der Waals surface area contributed by atoms with Crippen molar-refractivity contribution in [2.75, 3.05) is 5.32 Å². The van der Waals surface area contributed by atoms with Gasteiger partial charge in [-0.15, -0.1) is 11.3 Å². The van der Waals surface area contributed by atoms with Crippen molar-refractivity contribution in [3.05, 3.63) is 70.1 Å². The number of aryl methyl sites for hydroxylation is 2. The lowest BCUT2D eigenvalue weighted by Crippen LogP contribution is -2.28. The van der Waals surface area contributed by atoms with Crippen molar-refractivity contribution < 1.29 is 14.0 Å². The second-order valence-electron chi connectivity index (χ2n) is 6.54. The van der Waals surface area contributed by atoms with Gasteiger partial charge >= 0.3 is 0 Å². The van der Waals surface area contributed by atoms with Crippen LogP contribution in [-0.4, -0.2) is 16.8 Å². The first-order chi connectivity index (χ1) is 13.1. The summed E-state index contributed by atoms with van der Waals surface area (Å²) < 4.78 is 5.24. The molecule has 2 N–H and O–H groups in total. The highest BCUT2D eigenvalue weighted by Gasteiger charge is 2.32. The van der Waals surface area contributed by atoms with E-state index in [-0.39, 0.29) is 17.7 Å². The number of hydrogen-bond acceptors (Lipinski definition) is 5. The standard InChI is InChI=1S/C20H19N3O3S/c1-12-4-6-13(7-5-12)18(24)23-20-22-17-15(8-9-16(17)27-20)19(25)21-11-14-3-2-10-26-14/h2-7,10,15H,8-9,11H2,1H3,(H,21,25)(H,22,23,24)/t15-/m1/s1. The molecule has 0 saturated heterocycles. The van der Waals surface area contributed by atoms with Gasteiger partial charge in [-0.3, -0.25) is 14.9 Å². The molecule has 0 unspecified atom stereocenters. The number of rotatable bonds is 5. The number of nitrogens with one attached hydrogen (secondary N) is 2. The fourth-order valence-corrected chi connectivity index (χ4v) is 4.15. The fraction of sp³-hybridized carbons (Fsp3) is 0.250. The first kappa shape index (κ1) is 17.5. The van der Waals surface area contributed by atoms with Crippen LogP contribution in [0.15, 0.2) is 47.1 Å². The Morgan fingerprint density at radius 2 is 2.07 bits per heavy atom. The number of aromatic nitrogens is 1. The van der Waals surface area contributed by atoms with Crippen LogP contribution >= 0.6 is 11.3 Å². The summed E-state index contributed by atoms with van der Waals surface area (Å²) in [5.74, 6) is 0.176. The monoisotopic (exact) mass is 381 g/mol. The Morgan fingerprint density at radius 3 is 2.81 bits per heavy atom. The van der Waals surface area contributed by atoms with Crippen molar-refractivity contribution in [2.24, 2.45) is 0 Å². The Kier molecular flexibility index (Phi) is 4.77. The first-order valence-electron chi connectivity index (χ1n) is 8.78. The molecule has 0 aliphatic heterocycles. The van der Waals surface area contributed by atoms with Gasteiger partial charge in [0.25, 0.3) is 5.91 Å². The number of carbonyl (C=O) groups excluding carboxylic acids is 2. The summed E-state index contributed by atoms with van der Waals surface area (Å²) in [5, 5.41) is 6.27. The molecule has 1 aliphatic rings. The largest absolute Gasteiger partial charge is 0.467 e. The predicted octanol–water partition coefficient (Wildman–Crippen LogP) is 3.64. The van der Waals surface area contributed by atoms with Gasteiger partial charge in [0, 0.05) is 10.4 Å². The molecule has 2 heterocycles. The highest BCUT2D eigenvalue weighted by atomic mass is 32.1. The summed E-state index contributed by atoms with van der Waals surface area (Å²) in [6.45, 7) is 2.34. The second-order valence-corrected chi connectivity index (χ2v) is 7.62. The summed E-state index contributed by atoms with van der Waals surface area (Å²) in [7, 11) is 0. The van der Waals surface area contributed by atoms with E-state index in [1.54, 1.807) is 24.5 Å². The zero-order valence-electron chi connectivity index (χ0n) is 14.8. The summed E-state index contributed by atoms with van der Waals surface area (Å²) in [4.78, 5) is 30.5. The Labute approximate surface area is 160 Å². The molecule has 7 heteroatoms. The van der Waals surface area contributed by atoms with Gasteiger partial charge in [-0.25, -0.2) is 4.98 Å². The van der Waals surface area contributed by atoms with Crippen molar-refractivity contribution >= 4 is 28.3 Å². The molecule has 3 aromatic rings. The van der Waals surface area contributed by atoms with Crippen molar-refractivity contribution in [1.82, 2.24) is 10.3 Å². The van der Waals surface area contributed by atoms with E-state index >= 15 is 0 Å². The average Bonchev–Trinajstić information content (AvgIpc) is 3.37. The number of hydrogen-bond donors (Lipinski definition) is 2. The summed E-state index contributed by atoms with van der Waals surface area (Å²) >= 11 is 1.44. The van der Waals surface area contributed by atoms with Gasteiger partial charge in [0.1, 0.15) is 5.76 Å². The molecular formula is C20H19N3O3S. The highest BCUT2D eigenvalue weighted by molar-refractivity contribution is 7.16. The van der Waals surface area contributed by atoms with Crippen LogP contribution in [0.3, 0.4) is 0 Å². The van der Waals surface area contributed by atoms with Crippen molar-refractivity contribution in [3.8, 4) is 0 Å². The summed E-state index contributed by atoms with van der Waals surface area (Å²) in [6, 6.07) is 11.0. The molecule has 1 aromatic carbocycles. The number of benzene rings is 1. The van der Waals surface area contributed by atoms with Crippen LogP contribution in [0, 0.1) is 6.92 Å². The smallest absolute Gasteiger partial charge is 0.257 e. The molecule has 1 aliphatic carbocycles. The van der Waals surface area contributed by atoms with Crippen LogP contribution in [0.1, 0.15) is 44.6 Å². The molecule has 4 rings (SSSR count). The van der Waals surface area contributed by atoms with E-state index in [0.29, 0.717) is 23.0 Å². The SMILES string of the molecule is Cc1ccc(C(=O)Nc2nc3c(s2)CC[C@H]3C(=O)NCc2ccco2)cc1. The number of thiazole rings is 1. The molecule has 1 atom stereocenters. The Morgan fingerprint density at radius 1 is 1.26 bits per heavy atom. The molecule has 0 bridgehead atoms. The minimum Gasteiger partial charge on any atom is -0.467 e. The third kappa shape index (κ3) is 3.78. The maximum Gasteiger partial charge on any atom is 0.257 e.